The summed E-state index contributed by atoms with van der Waals surface area (Å²) in [6.07, 6.45) is 1.38. The minimum atomic E-state index is -3.77. The van der Waals surface area contributed by atoms with Crippen molar-refractivity contribution in [2.24, 2.45) is 0 Å². The lowest BCUT2D eigenvalue weighted by Gasteiger charge is -2.31. The molecular formula is C31H36ClNO7S. The van der Waals surface area contributed by atoms with E-state index in [1.54, 1.807) is 45.9 Å². The van der Waals surface area contributed by atoms with Crippen molar-refractivity contribution in [2.45, 2.75) is 59.2 Å². The molecule has 0 spiro atoms. The van der Waals surface area contributed by atoms with Crippen LogP contribution in [0.2, 0.25) is 5.02 Å². The normalized spacial score (nSPS) is 14.1. The summed E-state index contributed by atoms with van der Waals surface area (Å²) < 4.78 is 45.4. The molecule has 2 N–H and O–H groups in total. The summed E-state index contributed by atoms with van der Waals surface area (Å²) in [6.45, 7) is 9.56. The van der Waals surface area contributed by atoms with Crippen LogP contribution in [0.3, 0.4) is 0 Å². The lowest BCUT2D eigenvalue weighted by molar-refractivity contribution is -0.160. The number of rotatable bonds is 8. The Kier molecular flexibility index (Phi) is 8.64. The highest BCUT2D eigenvalue weighted by molar-refractivity contribution is 7.92. The van der Waals surface area contributed by atoms with Crippen LogP contribution in [0.4, 0.5) is 5.69 Å². The average molecular weight is 602 g/mol. The molecule has 41 heavy (non-hydrogen) atoms. The molecule has 1 aliphatic heterocycles. The van der Waals surface area contributed by atoms with Crippen molar-refractivity contribution < 1.29 is 32.5 Å². The van der Waals surface area contributed by atoms with Gasteiger partial charge in [0.25, 0.3) is 0 Å². The maximum atomic E-state index is 12.8. The second-order valence-corrected chi connectivity index (χ2v) is 13.4. The summed E-state index contributed by atoms with van der Waals surface area (Å²) in [5, 5.41) is 10.9. The molecule has 4 rings (SSSR count). The molecule has 220 valence electrons. The summed E-state index contributed by atoms with van der Waals surface area (Å²) in [5.41, 5.74) is 4.61. The Morgan fingerprint density at radius 2 is 1.73 bits per heavy atom. The molecule has 1 aliphatic rings. The first kappa shape index (κ1) is 30.7. The van der Waals surface area contributed by atoms with E-state index in [1.807, 2.05) is 25.1 Å². The number of halogens is 1. The summed E-state index contributed by atoms with van der Waals surface area (Å²) in [5.74, 6) is 0.0356. The number of sulfonamides is 1. The van der Waals surface area contributed by atoms with E-state index in [9.17, 15) is 18.3 Å². The highest BCUT2D eigenvalue weighted by atomic mass is 35.5. The summed E-state index contributed by atoms with van der Waals surface area (Å²) in [4.78, 5) is 12.8. The van der Waals surface area contributed by atoms with E-state index < -0.39 is 27.7 Å². The van der Waals surface area contributed by atoms with Gasteiger partial charge in [0.2, 0.25) is 10.0 Å². The van der Waals surface area contributed by atoms with Gasteiger partial charge < -0.3 is 19.3 Å². The van der Waals surface area contributed by atoms with E-state index >= 15 is 0 Å². The number of carboxylic acid groups (broad SMARTS) is 1. The van der Waals surface area contributed by atoms with Gasteiger partial charge >= 0.3 is 5.97 Å². The third kappa shape index (κ3) is 6.63. The third-order valence-corrected chi connectivity index (χ3v) is 7.82. The molecule has 10 heteroatoms. The zero-order valence-corrected chi connectivity index (χ0v) is 25.9. The van der Waals surface area contributed by atoms with E-state index in [-0.39, 0.29) is 5.69 Å². The maximum absolute atomic E-state index is 12.8. The Labute approximate surface area is 246 Å². The van der Waals surface area contributed by atoms with Crippen molar-refractivity contribution in [3.8, 4) is 33.8 Å². The molecule has 8 nitrogen and oxygen atoms in total. The molecule has 0 radical (unpaired) electrons. The Morgan fingerprint density at radius 3 is 2.34 bits per heavy atom. The smallest absolute Gasteiger partial charge is 0.337 e. The zero-order chi connectivity index (χ0) is 30.3. The number of hydrogen-bond acceptors (Lipinski definition) is 6. The number of fused-ring (bicyclic) bond motifs is 1. The molecule has 0 aromatic heterocycles. The number of methoxy groups -OCH3 is 1. The van der Waals surface area contributed by atoms with E-state index in [0.717, 1.165) is 36.0 Å². The van der Waals surface area contributed by atoms with Crippen molar-refractivity contribution in [1.82, 2.24) is 0 Å². The largest absolute Gasteiger partial charge is 0.495 e. The van der Waals surface area contributed by atoms with Gasteiger partial charge in [0.15, 0.2) is 6.10 Å². The van der Waals surface area contributed by atoms with Crippen LogP contribution in [-0.2, 0) is 26.0 Å². The highest BCUT2D eigenvalue weighted by Gasteiger charge is 2.35. The molecule has 0 amide bonds. The number of benzene rings is 3. The summed E-state index contributed by atoms with van der Waals surface area (Å²) in [7, 11) is -2.27. The maximum Gasteiger partial charge on any atom is 0.337 e. The van der Waals surface area contributed by atoms with Gasteiger partial charge in [-0.3, -0.25) is 4.72 Å². The standard InChI is InChI=1S/C31H36ClNO7S/c1-17-25(20-11-13-23-19(15-20)9-8-14-39-23)27(29(30(34)35)40-31(3,4)5)18(2)28(33-41(7,36)37)26(17)21-10-12-22(32)24(16-21)38-6/h10-13,15-16,29,33H,8-9,14H2,1-7H3,(H,34,35). The van der Waals surface area contributed by atoms with Gasteiger partial charge in [0, 0.05) is 11.1 Å². The van der Waals surface area contributed by atoms with Crippen LogP contribution in [0.5, 0.6) is 11.5 Å². The van der Waals surface area contributed by atoms with Crippen LogP contribution in [-0.4, -0.2) is 45.1 Å². The molecule has 0 fully saturated rings. The summed E-state index contributed by atoms with van der Waals surface area (Å²) in [6, 6.07) is 11.0. The minimum Gasteiger partial charge on any atom is -0.495 e. The van der Waals surface area contributed by atoms with Crippen molar-refractivity contribution in [3.05, 3.63) is 63.7 Å². The highest BCUT2D eigenvalue weighted by Crippen LogP contribution is 2.48. The van der Waals surface area contributed by atoms with Crippen molar-refractivity contribution in [3.63, 3.8) is 0 Å². The number of carbonyl (C=O) groups is 1. The predicted octanol–water partition coefficient (Wildman–Crippen LogP) is 6.94. The van der Waals surface area contributed by atoms with Crippen LogP contribution in [0.25, 0.3) is 22.3 Å². The van der Waals surface area contributed by atoms with E-state index in [2.05, 4.69) is 4.72 Å². The first-order chi connectivity index (χ1) is 19.1. The molecule has 1 atom stereocenters. The van der Waals surface area contributed by atoms with Gasteiger partial charge in [-0.25, -0.2) is 13.2 Å². The van der Waals surface area contributed by atoms with Crippen LogP contribution < -0.4 is 14.2 Å². The van der Waals surface area contributed by atoms with E-state index in [1.165, 1.54) is 7.11 Å². The first-order valence-electron chi connectivity index (χ1n) is 13.3. The van der Waals surface area contributed by atoms with Crippen molar-refractivity contribution in [1.29, 1.82) is 0 Å². The lowest BCUT2D eigenvalue weighted by atomic mass is 9.82. The summed E-state index contributed by atoms with van der Waals surface area (Å²) >= 11 is 6.33. The lowest BCUT2D eigenvalue weighted by Crippen LogP contribution is -2.29. The predicted molar refractivity (Wildman–Crippen MR) is 162 cm³/mol. The number of carboxylic acids is 1. The molecule has 1 unspecified atom stereocenters. The average Bonchev–Trinajstić information content (AvgIpc) is 2.88. The third-order valence-electron chi connectivity index (χ3n) is 6.93. The Bertz CT molecular complexity index is 1610. The number of aliphatic carboxylic acids is 1. The SMILES string of the molecule is COc1cc(-c2c(C)c(-c3ccc4c(c3)CCCO4)c(C(OC(C)(C)C)C(=O)O)c(C)c2NS(C)(=O)=O)ccc1Cl. The van der Waals surface area contributed by atoms with Crippen LogP contribution in [0.15, 0.2) is 36.4 Å². The molecule has 0 bridgehead atoms. The van der Waals surface area contributed by atoms with Gasteiger partial charge in [-0.2, -0.15) is 0 Å². The van der Waals surface area contributed by atoms with Crippen LogP contribution >= 0.6 is 11.6 Å². The van der Waals surface area contributed by atoms with Gasteiger partial charge in [-0.05, 0) is 105 Å². The second kappa shape index (κ2) is 11.5. The second-order valence-electron chi connectivity index (χ2n) is 11.2. The Hall–Kier alpha value is -3.27. The van der Waals surface area contributed by atoms with Crippen LogP contribution in [0.1, 0.15) is 55.5 Å². The fourth-order valence-corrected chi connectivity index (χ4v) is 6.14. The number of nitrogens with one attached hydrogen (secondary N) is 1. The molecular weight excluding hydrogens is 566 g/mol. The van der Waals surface area contributed by atoms with E-state index in [4.69, 9.17) is 25.8 Å². The van der Waals surface area contributed by atoms with Gasteiger partial charge in [-0.1, -0.05) is 23.7 Å². The number of aryl methyl sites for hydroxylation is 1. The molecule has 0 aliphatic carbocycles. The number of ether oxygens (including phenoxy) is 3. The Morgan fingerprint density at radius 1 is 1.07 bits per heavy atom. The van der Waals surface area contributed by atoms with Gasteiger partial charge in [-0.15, -0.1) is 0 Å². The zero-order valence-electron chi connectivity index (χ0n) is 24.3. The van der Waals surface area contributed by atoms with Gasteiger partial charge in [0.1, 0.15) is 11.5 Å². The number of anilines is 1. The molecule has 3 aromatic carbocycles. The molecule has 0 saturated carbocycles. The van der Waals surface area contributed by atoms with E-state index in [0.29, 0.717) is 50.8 Å². The first-order valence-corrected chi connectivity index (χ1v) is 15.5. The quantitative estimate of drug-likeness (QED) is 0.288. The molecule has 1 heterocycles. The minimum absolute atomic E-state index is 0.262. The molecule has 0 saturated heterocycles. The van der Waals surface area contributed by atoms with Crippen molar-refractivity contribution >= 4 is 33.3 Å². The number of hydrogen-bond donors (Lipinski definition) is 2. The topological polar surface area (TPSA) is 111 Å². The van der Waals surface area contributed by atoms with Crippen LogP contribution in [0, 0.1) is 13.8 Å². The Balaban J connectivity index is 2.17. The van der Waals surface area contributed by atoms with Gasteiger partial charge in [0.05, 0.1) is 36.3 Å². The monoisotopic (exact) mass is 601 g/mol. The fourth-order valence-electron chi connectivity index (χ4n) is 5.32. The van der Waals surface area contributed by atoms with Crippen molar-refractivity contribution in [2.75, 3.05) is 24.7 Å². The molecule has 3 aromatic rings. The fraction of sp³-hybridized carbons (Fsp3) is 0.387.